The number of benzene rings is 1. The lowest BCUT2D eigenvalue weighted by Crippen LogP contribution is -2.28. The van der Waals surface area contributed by atoms with Gasteiger partial charge in [-0.15, -0.1) is 0 Å². The van der Waals surface area contributed by atoms with Gasteiger partial charge in [0.15, 0.2) is 0 Å². The van der Waals surface area contributed by atoms with Crippen molar-refractivity contribution < 1.29 is 23.9 Å². The summed E-state index contributed by atoms with van der Waals surface area (Å²) in [7, 11) is 2.81. The van der Waals surface area contributed by atoms with E-state index in [1.54, 1.807) is 18.2 Å². The Hall–Kier alpha value is -3.26. The Morgan fingerprint density at radius 3 is 2.58 bits per heavy atom. The molecule has 0 unspecified atom stereocenters. The van der Waals surface area contributed by atoms with E-state index in [1.165, 1.54) is 38.6 Å². The molecule has 2 N–H and O–H groups in total. The van der Waals surface area contributed by atoms with Crippen molar-refractivity contribution in [1.82, 2.24) is 10.3 Å². The van der Waals surface area contributed by atoms with E-state index in [9.17, 15) is 14.4 Å². The quantitative estimate of drug-likeness (QED) is 0.574. The van der Waals surface area contributed by atoms with Crippen LogP contribution in [0.2, 0.25) is 0 Å². The zero-order valence-corrected chi connectivity index (χ0v) is 14.4. The molecule has 0 spiro atoms. The number of nitrogens with zero attached hydrogens (tertiary/aromatic N) is 1. The predicted octanol–water partition coefficient (Wildman–Crippen LogP) is 1.50. The molecule has 0 aliphatic heterocycles. The van der Waals surface area contributed by atoms with Gasteiger partial charge in [-0.05, 0) is 30.3 Å². The van der Waals surface area contributed by atoms with E-state index < -0.39 is 17.8 Å². The van der Waals surface area contributed by atoms with Gasteiger partial charge in [0.1, 0.15) is 5.69 Å². The van der Waals surface area contributed by atoms with E-state index in [0.29, 0.717) is 24.4 Å². The molecule has 8 nitrogen and oxygen atoms in total. The maximum atomic E-state index is 12.4. The molecule has 8 heteroatoms. The number of ether oxygens (including phenoxy) is 2. The number of esters is 1. The summed E-state index contributed by atoms with van der Waals surface area (Å²) in [6.07, 6.45) is 1.38. The molecule has 1 heterocycles. The van der Waals surface area contributed by atoms with Crippen molar-refractivity contribution in [2.24, 2.45) is 0 Å². The molecule has 2 aromatic rings. The number of hydrogen-bond acceptors (Lipinski definition) is 6. The first-order valence-electron chi connectivity index (χ1n) is 7.78. The topological polar surface area (TPSA) is 107 Å². The van der Waals surface area contributed by atoms with Gasteiger partial charge in [0.25, 0.3) is 11.8 Å². The Morgan fingerprint density at radius 2 is 1.85 bits per heavy atom. The molecule has 0 saturated heterocycles. The number of nitrogens with one attached hydrogen (secondary N) is 2. The highest BCUT2D eigenvalue weighted by Crippen LogP contribution is 2.13. The van der Waals surface area contributed by atoms with Crippen molar-refractivity contribution >= 4 is 23.5 Å². The zero-order chi connectivity index (χ0) is 18.9. The second-order valence-corrected chi connectivity index (χ2v) is 5.20. The first-order valence-corrected chi connectivity index (χ1v) is 7.78. The van der Waals surface area contributed by atoms with Crippen LogP contribution >= 0.6 is 0 Å². The molecule has 0 saturated carbocycles. The second-order valence-electron chi connectivity index (χ2n) is 5.20. The van der Waals surface area contributed by atoms with Crippen molar-refractivity contribution in [3.8, 4) is 0 Å². The smallest absolute Gasteiger partial charge is 0.337 e. The maximum absolute atomic E-state index is 12.4. The number of pyridine rings is 1. The third-order valence-electron chi connectivity index (χ3n) is 3.39. The summed E-state index contributed by atoms with van der Waals surface area (Å²) in [5.41, 5.74) is 1.14. The van der Waals surface area contributed by atoms with Gasteiger partial charge in [0.05, 0.1) is 19.3 Å². The fraction of sp³-hybridized carbons (Fsp3) is 0.222. The van der Waals surface area contributed by atoms with Gasteiger partial charge in [-0.25, -0.2) is 4.79 Å². The molecule has 0 radical (unpaired) electrons. The Bertz CT molecular complexity index is 807. The van der Waals surface area contributed by atoms with E-state index in [2.05, 4.69) is 20.4 Å². The van der Waals surface area contributed by atoms with Crippen LogP contribution in [-0.4, -0.2) is 50.1 Å². The molecule has 0 atom stereocenters. The summed E-state index contributed by atoms with van der Waals surface area (Å²) < 4.78 is 9.51. The number of anilines is 1. The van der Waals surface area contributed by atoms with Crippen LogP contribution in [-0.2, 0) is 9.47 Å². The van der Waals surface area contributed by atoms with Crippen LogP contribution in [0.25, 0.3) is 0 Å². The fourth-order valence-corrected chi connectivity index (χ4v) is 2.10. The minimum absolute atomic E-state index is 0.122. The van der Waals surface area contributed by atoms with Crippen LogP contribution in [0.4, 0.5) is 5.69 Å². The minimum atomic E-state index is -0.500. The molecule has 136 valence electrons. The molecule has 1 aromatic heterocycles. The third kappa shape index (κ3) is 5.12. The highest BCUT2D eigenvalue weighted by atomic mass is 16.5. The largest absolute Gasteiger partial charge is 0.465 e. The Morgan fingerprint density at radius 1 is 1.04 bits per heavy atom. The van der Waals surface area contributed by atoms with Gasteiger partial charge in [0, 0.05) is 31.1 Å². The molecule has 26 heavy (non-hydrogen) atoms. The van der Waals surface area contributed by atoms with Gasteiger partial charge < -0.3 is 20.1 Å². The summed E-state index contributed by atoms with van der Waals surface area (Å²) in [5, 5.41) is 5.30. The lowest BCUT2D eigenvalue weighted by Gasteiger charge is -2.08. The summed E-state index contributed by atoms with van der Waals surface area (Å²) in [6, 6.07) is 9.24. The van der Waals surface area contributed by atoms with E-state index in [4.69, 9.17) is 4.74 Å². The number of methoxy groups -OCH3 is 2. The lowest BCUT2D eigenvalue weighted by atomic mass is 10.1. The normalized spacial score (nSPS) is 10.1. The first kappa shape index (κ1) is 19.1. The van der Waals surface area contributed by atoms with Crippen molar-refractivity contribution in [3.63, 3.8) is 0 Å². The highest BCUT2D eigenvalue weighted by molar-refractivity contribution is 6.06. The maximum Gasteiger partial charge on any atom is 0.337 e. The van der Waals surface area contributed by atoms with Gasteiger partial charge in [-0.2, -0.15) is 0 Å². The summed E-state index contributed by atoms with van der Waals surface area (Å²) >= 11 is 0. The Balaban J connectivity index is 2.09. The predicted molar refractivity (Wildman–Crippen MR) is 94.2 cm³/mol. The molecule has 0 fully saturated rings. The SMILES string of the molecule is COCCNC(=O)c1cc(C(=O)Nc2cccc(C(=O)OC)c2)ccn1. The fourth-order valence-electron chi connectivity index (χ4n) is 2.10. The van der Waals surface area contributed by atoms with Crippen molar-refractivity contribution in [2.75, 3.05) is 32.7 Å². The Labute approximate surface area is 150 Å². The second kappa shape index (κ2) is 9.28. The Kier molecular flexibility index (Phi) is 6.81. The molecule has 2 rings (SSSR count). The number of carbonyl (C=O) groups is 3. The van der Waals surface area contributed by atoms with Gasteiger partial charge in [-0.1, -0.05) is 6.07 Å². The number of rotatable bonds is 7. The standard InChI is InChI=1S/C18H19N3O5/c1-25-9-8-20-17(23)15-11-12(6-7-19-15)16(22)21-14-5-3-4-13(10-14)18(24)26-2/h3-7,10-11H,8-9H2,1-2H3,(H,20,23)(H,21,22). The lowest BCUT2D eigenvalue weighted by molar-refractivity contribution is 0.0600. The van der Waals surface area contributed by atoms with Crippen LogP contribution < -0.4 is 10.6 Å². The number of hydrogen-bond donors (Lipinski definition) is 2. The highest BCUT2D eigenvalue weighted by Gasteiger charge is 2.13. The molecule has 2 amide bonds. The average molecular weight is 357 g/mol. The van der Waals surface area contributed by atoms with Crippen LogP contribution in [0.5, 0.6) is 0 Å². The molecule has 0 aliphatic rings. The molecule has 0 bridgehead atoms. The average Bonchev–Trinajstić information content (AvgIpc) is 2.67. The number of amides is 2. The number of aromatic nitrogens is 1. The van der Waals surface area contributed by atoms with Crippen LogP contribution in [0, 0.1) is 0 Å². The van der Waals surface area contributed by atoms with Crippen LogP contribution in [0.3, 0.4) is 0 Å². The van der Waals surface area contributed by atoms with Crippen molar-refractivity contribution in [1.29, 1.82) is 0 Å². The first-order chi connectivity index (χ1) is 12.5. The van der Waals surface area contributed by atoms with Crippen LogP contribution in [0.1, 0.15) is 31.2 Å². The van der Waals surface area contributed by atoms with Gasteiger partial charge in [0.2, 0.25) is 0 Å². The van der Waals surface area contributed by atoms with E-state index in [-0.39, 0.29) is 11.3 Å². The third-order valence-corrected chi connectivity index (χ3v) is 3.39. The molecular formula is C18H19N3O5. The monoisotopic (exact) mass is 357 g/mol. The summed E-state index contributed by atoms with van der Waals surface area (Å²) in [5.74, 6) is -1.33. The van der Waals surface area contributed by atoms with E-state index in [0.717, 1.165) is 0 Å². The summed E-state index contributed by atoms with van der Waals surface area (Å²) in [6.45, 7) is 0.718. The summed E-state index contributed by atoms with van der Waals surface area (Å²) in [4.78, 5) is 39.9. The zero-order valence-electron chi connectivity index (χ0n) is 14.4. The van der Waals surface area contributed by atoms with Crippen molar-refractivity contribution in [2.45, 2.75) is 0 Å². The van der Waals surface area contributed by atoms with Crippen molar-refractivity contribution in [3.05, 3.63) is 59.4 Å². The molecular weight excluding hydrogens is 338 g/mol. The molecule has 0 aliphatic carbocycles. The van der Waals surface area contributed by atoms with E-state index >= 15 is 0 Å². The molecule has 1 aromatic carbocycles. The van der Waals surface area contributed by atoms with Crippen LogP contribution in [0.15, 0.2) is 42.6 Å². The minimum Gasteiger partial charge on any atom is -0.465 e. The van der Waals surface area contributed by atoms with Gasteiger partial charge >= 0.3 is 5.97 Å². The van der Waals surface area contributed by atoms with E-state index in [1.807, 2.05) is 0 Å². The number of carbonyl (C=O) groups excluding carboxylic acids is 3. The van der Waals surface area contributed by atoms with Gasteiger partial charge in [-0.3, -0.25) is 14.6 Å².